The molecule has 1 aromatic heterocycles. The summed E-state index contributed by atoms with van der Waals surface area (Å²) in [6.07, 6.45) is 0. The van der Waals surface area contributed by atoms with Gasteiger partial charge in [-0.05, 0) is 25.1 Å². The van der Waals surface area contributed by atoms with Crippen molar-refractivity contribution in [3.05, 3.63) is 64.5 Å². The molecule has 25 heavy (non-hydrogen) atoms. The number of esters is 1. The average molecular weight is 403 g/mol. The highest BCUT2D eigenvalue weighted by atomic mass is 79.9. The monoisotopic (exact) mass is 402 g/mol. The first-order valence-corrected chi connectivity index (χ1v) is 8.33. The molecule has 0 saturated heterocycles. The van der Waals surface area contributed by atoms with Gasteiger partial charge in [0, 0.05) is 10.0 Å². The number of rotatable bonds is 6. The predicted octanol–water partition coefficient (Wildman–Crippen LogP) is 3.93. The third-order valence-electron chi connectivity index (χ3n) is 3.29. The number of hydrogen-bond acceptors (Lipinski definition) is 6. The molecule has 0 saturated carbocycles. The molecule has 0 unspecified atom stereocenters. The first kappa shape index (κ1) is 17.2. The molecule has 0 aliphatic heterocycles. The van der Waals surface area contributed by atoms with Crippen molar-refractivity contribution in [1.82, 2.24) is 10.1 Å². The van der Waals surface area contributed by atoms with E-state index >= 15 is 0 Å². The van der Waals surface area contributed by atoms with Crippen LogP contribution in [-0.4, -0.2) is 22.7 Å². The average Bonchev–Trinajstić information content (AvgIpc) is 3.08. The Balaban J connectivity index is 1.50. The van der Waals surface area contributed by atoms with Crippen LogP contribution >= 0.6 is 15.9 Å². The SMILES string of the molecule is Cc1ccc(-c2noc(COC(=O)COc3cccc(Br)c3)n2)cc1. The van der Waals surface area contributed by atoms with Crippen LogP contribution in [0.5, 0.6) is 5.75 Å². The molecule has 1 heterocycles. The Morgan fingerprint density at radius 1 is 1.20 bits per heavy atom. The second-order valence-electron chi connectivity index (χ2n) is 5.28. The van der Waals surface area contributed by atoms with Crippen molar-refractivity contribution in [1.29, 1.82) is 0 Å². The van der Waals surface area contributed by atoms with Gasteiger partial charge in [0.05, 0.1) is 0 Å². The third kappa shape index (κ3) is 4.90. The van der Waals surface area contributed by atoms with Gasteiger partial charge in [-0.15, -0.1) is 0 Å². The number of aryl methyl sites for hydroxylation is 1. The van der Waals surface area contributed by atoms with Crippen LogP contribution < -0.4 is 4.74 Å². The van der Waals surface area contributed by atoms with Crippen LogP contribution in [0.3, 0.4) is 0 Å². The van der Waals surface area contributed by atoms with Gasteiger partial charge in [0.25, 0.3) is 5.89 Å². The van der Waals surface area contributed by atoms with Crippen molar-refractivity contribution in [2.24, 2.45) is 0 Å². The molecule has 2 aromatic carbocycles. The number of ether oxygens (including phenoxy) is 2. The summed E-state index contributed by atoms with van der Waals surface area (Å²) in [6.45, 7) is 1.70. The van der Waals surface area contributed by atoms with E-state index in [1.165, 1.54) is 0 Å². The Bertz CT molecular complexity index is 862. The summed E-state index contributed by atoms with van der Waals surface area (Å²) in [5.41, 5.74) is 1.98. The van der Waals surface area contributed by atoms with Crippen molar-refractivity contribution < 1.29 is 18.8 Å². The lowest BCUT2D eigenvalue weighted by molar-refractivity contribution is -0.148. The normalized spacial score (nSPS) is 10.5. The van der Waals surface area contributed by atoms with Gasteiger partial charge >= 0.3 is 5.97 Å². The van der Waals surface area contributed by atoms with Gasteiger partial charge in [-0.25, -0.2) is 4.79 Å². The minimum absolute atomic E-state index is 0.0977. The highest BCUT2D eigenvalue weighted by Crippen LogP contribution is 2.18. The fraction of sp³-hybridized carbons (Fsp3) is 0.167. The molecule has 0 amide bonds. The zero-order valence-electron chi connectivity index (χ0n) is 13.4. The molecule has 6 nitrogen and oxygen atoms in total. The summed E-state index contributed by atoms with van der Waals surface area (Å²) in [4.78, 5) is 16.0. The molecular weight excluding hydrogens is 388 g/mol. The fourth-order valence-electron chi connectivity index (χ4n) is 2.02. The molecule has 0 N–H and O–H groups in total. The summed E-state index contributed by atoms with van der Waals surface area (Å²) in [5.74, 6) is 0.739. The number of aromatic nitrogens is 2. The zero-order chi connectivity index (χ0) is 17.6. The molecular formula is C18H15BrN2O4. The van der Waals surface area contributed by atoms with E-state index in [4.69, 9.17) is 14.0 Å². The zero-order valence-corrected chi connectivity index (χ0v) is 15.0. The maximum absolute atomic E-state index is 11.7. The largest absolute Gasteiger partial charge is 0.482 e. The Hall–Kier alpha value is -2.67. The van der Waals surface area contributed by atoms with Crippen molar-refractivity contribution in [3.63, 3.8) is 0 Å². The molecule has 0 aliphatic rings. The number of halogens is 1. The number of carbonyl (C=O) groups is 1. The van der Waals surface area contributed by atoms with E-state index in [1.807, 2.05) is 43.3 Å². The first-order chi connectivity index (χ1) is 12.1. The van der Waals surface area contributed by atoms with Gasteiger partial charge in [-0.3, -0.25) is 0 Å². The van der Waals surface area contributed by atoms with E-state index in [1.54, 1.807) is 12.1 Å². The second-order valence-corrected chi connectivity index (χ2v) is 6.20. The molecule has 0 atom stereocenters. The van der Waals surface area contributed by atoms with E-state index in [0.29, 0.717) is 11.6 Å². The molecule has 3 rings (SSSR count). The van der Waals surface area contributed by atoms with Crippen molar-refractivity contribution >= 4 is 21.9 Å². The van der Waals surface area contributed by atoms with Crippen LogP contribution in [0.4, 0.5) is 0 Å². The van der Waals surface area contributed by atoms with Gasteiger partial charge in [-0.1, -0.05) is 57.0 Å². The molecule has 128 valence electrons. The summed E-state index contributed by atoms with van der Waals surface area (Å²) in [7, 11) is 0. The van der Waals surface area contributed by atoms with Gasteiger partial charge in [0.1, 0.15) is 5.75 Å². The Morgan fingerprint density at radius 2 is 2.00 bits per heavy atom. The van der Waals surface area contributed by atoms with E-state index in [0.717, 1.165) is 15.6 Å². The molecule has 3 aromatic rings. The third-order valence-corrected chi connectivity index (χ3v) is 3.78. The van der Waals surface area contributed by atoms with Gasteiger partial charge < -0.3 is 14.0 Å². The van der Waals surface area contributed by atoms with Gasteiger partial charge in [-0.2, -0.15) is 4.98 Å². The van der Waals surface area contributed by atoms with Crippen LogP contribution in [0.25, 0.3) is 11.4 Å². The molecule has 0 aliphatic carbocycles. The Labute approximate surface area is 152 Å². The van der Waals surface area contributed by atoms with Crippen molar-refractivity contribution in [3.8, 4) is 17.1 Å². The van der Waals surface area contributed by atoms with Crippen LogP contribution in [0.15, 0.2) is 57.5 Å². The lowest BCUT2D eigenvalue weighted by Gasteiger charge is -2.05. The van der Waals surface area contributed by atoms with Gasteiger partial charge in [0.2, 0.25) is 5.82 Å². The lowest BCUT2D eigenvalue weighted by Crippen LogP contribution is -2.14. The second kappa shape index (κ2) is 7.94. The number of carbonyl (C=O) groups excluding carboxylic acids is 1. The molecule has 0 radical (unpaired) electrons. The smallest absolute Gasteiger partial charge is 0.344 e. The number of nitrogens with zero attached hydrogens (tertiary/aromatic N) is 2. The molecule has 0 spiro atoms. The predicted molar refractivity (Wildman–Crippen MR) is 93.9 cm³/mol. The van der Waals surface area contributed by atoms with Crippen molar-refractivity contribution in [2.75, 3.05) is 6.61 Å². The highest BCUT2D eigenvalue weighted by molar-refractivity contribution is 9.10. The minimum Gasteiger partial charge on any atom is -0.482 e. The van der Waals surface area contributed by atoms with Crippen LogP contribution in [0.1, 0.15) is 11.5 Å². The maximum atomic E-state index is 11.7. The van der Waals surface area contributed by atoms with Crippen LogP contribution in [0.2, 0.25) is 0 Å². The standard InChI is InChI=1S/C18H15BrN2O4/c1-12-5-7-13(8-6-12)18-20-16(25-21-18)10-24-17(22)11-23-15-4-2-3-14(19)9-15/h2-9H,10-11H2,1H3. The van der Waals surface area contributed by atoms with E-state index in [-0.39, 0.29) is 19.1 Å². The van der Waals surface area contributed by atoms with Crippen LogP contribution in [0, 0.1) is 6.92 Å². The van der Waals surface area contributed by atoms with E-state index in [9.17, 15) is 4.79 Å². The highest BCUT2D eigenvalue weighted by Gasteiger charge is 2.11. The molecule has 0 fully saturated rings. The first-order valence-electron chi connectivity index (χ1n) is 7.54. The summed E-state index contributed by atoms with van der Waals surface area (Å²) in [6, 6.07) is 14.9. The number of benzene rings is 2. The Morgan fingerprint density at radius 3 is 2.76 bits per heavy atom. The van der Waals surface area contributed by atoms with E-state index < -0.39 is 5.97 Å². The van der Waals surface area contributed by atoms with Crippen LogP contribution in [-0.2, 0) is 16.1 Å². The minimum atomic E-state index is -0.518. The van der Waals surface area contributed by atoms with Gasteiger partial charge in [0.15, 0.2) is 13.2 Å². The quantitative estimate of drug-likeness (QED) is 0.581. The van der Waals surface area contributed by atoms with E-state index in [2.05, 4.69) is 26.1 Å². The Kier molecular flexibility index (Phi) is 5.45. The summed E-state index contributed by atoms with van der Waals surface area (Å²) in [5, 5.41) is 3.88. The topological polar surface area (TPSA) is 74.5 Å². The molecule has 0 bridgehead atoms. The summed E-state index contributed by atoms with van der Waals surface area (Å²) >= 11 is 3.33. The fourth-order valence-corrected chi connectivity index (χ4v) is 2.39. The number of hydrogen-bond donors (Lipinski definition) is 0. The molecule has 7 heteroatoms. The lowest BCUT2D eigenvalue weighted by atomic mass is 10.1. The maximum Gasteiger partial charge on any atom is 0.344 e. The summed E-state index contributed by atoms with van der Waals surface area (Å²) < 4.78 is 16.4. The van der Waals surface area contributed by atoms with Crippen molar-refractivity contribution in [2.45, 2.75) is 13.5 Å².